The molecule has 66 valence electrons. The number of carbonyl (C=O) groups excluding carboxylic acids is 1. The lowest BCUT2D eigenvalue weighted by molar-refractivity contribution is 0.112. The lowest BCUT2D eigenvalue weighted by Crippen LogP contribution is -1.69. The molecule has 0 N–H and O–H groups in total. The Morgan fingerprint density at radius 1 is 1.54 bits per heavy atom. The number of nitrogens with zero attached hydrogens (tertiary/aromatic N) is 1. The maximum atomic E-state index is 10.4. The van der Waals surface area contributed by atoms with Crippen LogP contribution < -0.4 is 0 Å². The van der Waals surface area contributed by atoms with Crippen LogP contribution in [0.3, 0.4) is 0 Å². The number of thiophene rings is 1. The number of aldehydes is 1. The molecule has 2 rings (SSSR count). The molecular formula is C9H7NOS2. The zero-order valence-electron chi connectivity index (χ0n) is 6.98. The van der Waals surface area contributed by atoms with E-state index < -0.39 is 0 Å². The number of aromatic nitrogens is 1. The van der Waals surface area contributed by atoms with Crippen LogP contribution >= 0.6 is 22.7 Å². The third-order valence-corrected chi connectivity index (χ3v) is 3.47. The highest BCUT2D eigenvalue weighted by molar-refractivity contribution is 7.17. The number of thiazole rings is 1. The van der Waals surface area contributed by atoms with Crippen molar-refractivity contribution in [1.82, 2.24) is 4.98 Å². The van der Waals surface area contributed by atoms with Gasteiger partial charge in [-0.3, -0.25) is 4.79 Å². The topological polar surface area (TPSA) is 30.0 Å². The van der Waals surface area contributed by atoms with Gasteiger partial charge in [-0.15, -0.1) is 22.7 Å². The van der Waals surface area contributed by atoms with Gasteiger partial charge in [-0.2, -0.15) is 0 Å². The van der Waals surface area contributed by atoms with Gasteiger partial charge in [0.15, 0.2) is 11.3 Å². The van der Waals surface area contributed by atoms with Crippen molar-refractivity contribution in [2.75, 3.05) is 0 Å². The van der Waals surface area contributed by atoms with E-state index in [9.17, 15) is 4.79 Å². The van der Waals surface area contributed by atoms with Crippen LogP contribution in [0.4, 0.5) is 0 Å². The van der Waals surface area contributed by atoms with Gasteiger partial charge in [-0.05, 0) is 18.4 Å². The molecule has 0 spiro atoms. The molecule has 2 aromatic rings. The predicted octanol–water partition coefficient (Wildman–Crippen LogP) is 2.99. The van der Waals surface area contributed by atoms with Crippen molar-refractivity contribution in [3.8, 4) is 10.4 Å². The summed E-state index contributed by atoms with van der Waals surface area (Å²) in [7, 11) is 0. The fraction of sp³-hybridized carbons (Fsp3) is 0.111. The summed E-state index contributed by atoms with van der Waals surface area (Å²) in [6.07, 6.45) is 2.53. The van der Waals surface area contributed by atoms with E-state index in [2.05, 4.69) is 23.4 Å². The Labute approximate surface area is 83.9 Å². The van der Waals surface area contributed by atoms with E-state index in [0.717, 1.165) is 16.7 Å². The summed E-state index contributed by atoms with van der Waals surface area (Å²) in [4.78, 5) is 16.7. The van der Waals surface area contributed by atoms with Crippen LogP contribution in [0.5, 0.6) is 0 Å². The van der Waals surface area contributed by atoms with Gasteiger partial charge in [0.05, 0.1) is 4.88 Å². The van der Waals surface area contributed by atoms with Crippen molar-refractivity contribution in [3.05, 3.63) is 27.5 Å². The molecule has 0 bridgehead atoms. The Balaban J connectivity index is 2.40. The average molecular weight is 209 g/mol. The molecule has 2 heterocycles. The number of rotatable bonds is 2. The number of hydrogen-bond donors (Lipinski definition) is 0. The molecule has 0 amide bonds. The van der Waals surface area contributed by atoms with Gasteiger partial charge in [0.2, 0.25) is 0 Å². The minimum atomic E-state index is 0.541. The summed E-state index contributed by atoms with van der Waals surface area (Å²) in [5, 5.41) is 2.62. The van der Waals surface area contributed by atoms with Crippen LogP contribution in [-0.4, -0.2) is 11.3 Å². The van der Waals surface area contributed by atoms with Crippen LogP contribution in [0.2, 0.25) is 0 Å². The highest BCUT2D eigenvalue weighted by atomic mass is 32.1. The fourth-order valence-corrected chi connectivity index (χ4v) is 2.55. The summed E-state index contributed by atoms with van der Waals surface area (Å²) in [5.41, 5.74) is 1.16. The van der Waals surface area contributed by atoms with E-state index in [-0.39, 0.29) is 0 Å². The predicted molar refractivity (Wildman–Crippen MR) is 55.6 cm³/mol. The third-order valence-electron chi connectivity index (χ3n) is 1.64. The smallest absolute Gasteiger partial charge is 0.178 e. The zero-order valence-corrected chi connectivity index (χ0v) is 8.61. The molecule has 0 radical (unpaired) electrons. The molecule has 0 aliphatic carbocycles. The Hall–Kier alpha value is -1.00. The molecule has 0 atom stereocenters. The van der Waals surface area contributed by atoms with Crippen molar-refractivity contribution in [1.29, 1.82) is 0 Å². The summed E-state index contributed by atoms with van der Waals surface area (Å²) < 4.78 is 0. The Morgan fingerprint density at radius 2 is 2.38 bits per heavy atom. The minimum Gasteiger partial charge on any atom is -0.295 e. The lowest BCUT2D eigenvalue weighted by atomic mass is 10.3. The van der Waals surface area contributed by atoms with Gasteiger partial charge in [-0.1, -0.05) is 0 Å². The van der Waals surface area contributed by atoms with Crippen LogP contribution in [0.1, 0.15) is 14.7 Å². The summed E-state index contributed by atoms with van der Waals surface area (Å²) in [6, 6.07) is 2.10. The fourth-order valence-electron chi connectivity index (χ4n) is 1.05. The van der Waals surface area contributed by atoms with E-state index in [4.69, 9.17) is 0 Å². The zero-order chi connectivity index (χ0) is 9.26. The average Bonchev–Trinajstić information content (AvgIpc) is 2.71. The van der Waals surface area contributed by atoms with E-state index >= 15 is 0 Å². The third kappa shape index (κ3) is 1.68. The van der Waals surface area contributed by atoms with Gasteiger partial charge < -0.3 is 0 Å². The summed E-state index contributed by atoms with van der Waals surface area (Å²) in [5.74, 6) is 0. The quantitative estimate of drug-likeness (QED) is 0.712. The molecule has 0 aromatic carbocycles. The monoisotopic (exact) mass is 209 g/mol. The first-order valence-corrected chi connectivity index (χ1v) is 5.46. The van der Waals surface area contributed by atoms with Gasteiger partial charge in [0.1, 0.15) is 0 Å². The molecule has 0 unspecified atom stereocenters. The van der Waals surface area contributed by atoms with E-state index in [1.54, 1.807) is 17.5 Å². The largest absolute Gasteiger partial charge is 0.295 e. The Kier molecular flexibility index (Phi) is 2.24. The van der Waals surface area contributed by atoms with Crippen LogP contribution in [0.25, 0.3) is 10.4 Å². The van der Waals surface area contributed by atoms with Gasteiger partial charge in [0.25, 0.3) is 0 Å². The van der Waals surface area contributed by atoms with Crippen molar-refractivity contribution in [3.63, 3.8) is 0 Å². The van der Waals surface area contributed by atoms with Crippen molar-refractivity contribution >= 4 is 29.0 Å². The lowest BCUT2D eigenvalue weighted by Gasteiger charge is -1.85. The van der Waals surface area contributed by atoms with Crippen LogP contribution in [0.15, 0.2) is 17.6 Å². The second-order valence-electron chi connectivity index (χ2n) is 2.63. The number of hydrogen-bond acceptors (Lipinski definition) is 4. The highest BCUT2D eigenvalue weighted by Gasteiger charge is 2.04. The van der Waals surface area contributed by atoms with Gasteiger partial charge >= 0.3 is 0 Å². The molecule has 0 fully saturated rings. The van der Waals surface area contributed by atoms with Crippen molar-refractivity contribution in [2.45, 2.75) is 6.92 Å². The van der Waals surface area contributed by atoms with Gasteiger partial charge in [-0.25, -0.2) is 4.98 Å². The molecule has 0 aliphatic heterocycles. The van der Waals surface area contributed by atoms with Gasteiger partial charge in [0, 0.05) is 16.6 Å². The Bertz CT molecular complexity index is 430. The van der Waals surface area contributed by atoms with Crippen LogP contribution in [-0.2, 0) is 0 Å². The van der Waals surface area contributed by atoms with E-state index in [1.807, 2.05) is 0 Å². The van der Waals surface area contributed by atoms with Crippen molar-refractivity contribution in [2.24, 2.45) is 0 Å². The molecule has 4 heteroatoms. The second-order valence-corrected chi connectivity index (χ2v) is 4.80. The molecule has 13 heavy (non-hydrogen) atoms. The number of carbonyl (C=O) groups is 1. The molecular weight excluding hydrogens is 202 g/mol. The normalized spacial score (nSPS) is 10.2. The van der Waals surface area contributed by atoms with Crippen LogP contribution in [0, 0.1) is 6.92 Å². The summed E-state index contributed by atoms with van der Waals surface area (Å²) in [6.45, 7) is 2.07. The highest BCUT2D eigenvalue weighted by Crippen LogP contribution is 2.29. The first-order valence-electron chi connectivity index (χ1n) is 3.76. The SMILES string of the molecule is Cc1cc(-c2cnc(C=O)s2)cs1. The molecule has 0 aliphatic rings. The maximum absolute atomic E-state index is 10.4. The van der Waals surface area contributed by atoms with E-state index in [1.165, 1.54) is 16.2 Å². The molecule has 2 nitrogen and oxygen atoms in total. The molecule has 2 aromatic heterocycles. The number of aryl methyl sites for hydroxylation is 1. The maximum Gasteiger partial charge on any atom is 0.178 e. The first kappa shape index (κ1) is 8.59. The molecule has 0 saturated carbocycles. The second kappa shape index (κ2) is 3.40. The molecule has 0 saturated heterocycles. The summed E-state index contributed by atoms with van der Waals surface area (Å²) >= 11 is 3.13. The van der Waals surface area contributed by atoms with E-state index in [0.29, 0.717) is 5.01 Å². The first-order chi connectivity index (χ1) is 6.29. The minimum absolute atomic E-state index is 0.541. The van der Waals surface area contributed by atoms with Crippen molar-refractivity contribution < 1.29 is 4.79 Å². The standard InChI is InChI=1S/C9H7NOS2/c1-6-2-7(5-12-6)8-3-10-9(4-11)13-8/h2-5H,1H3. The Morgan fingerprint density at radius 3 is 2.92 bits per heavy atom.